The number of piperidine rings is 1. The molecule has 1 saturated heterocycles. The Balaban J connectivity index is 1.63. The Labute approximate surface area is 163 Å². The Morgan fingerprint density at radius 2 is 1.75 bits per heavy atom. The first-order chi connectivity index (χ1) is 13.3. The van der Waals surface area contributed by atoms with Crippen LogP contribution in [0.25, 0.3) is 0 Å². The maximum absolute atomic E-state index is 13.9. The molecule has 2 aromatic rings. The van der Waals surface area contributed by atoms with Gasteiger partial charge >= 0.3 is 0 Å². The standard InChI is InChI=1S/C20H22F2N2O3S/c1-23(14-15-5-3-2-4-6-15)20(25)16-9-11-24(12-10-16)28(26,27)19-13-17(21)7-8-18(19)22/h2-8,13,16H,9-12,14H2,1H3. The molecule has 0 N–H and O–H groups in total. The Morgan fingerprint density at radius 3 is 2.39 bits per heavy atom. The van der Waals surface area contributed by atoms with Crippen molar-refractivity contribution in [2.45, 2.75) is 24.3 Å². The van der Waals surface area contributed by atoms with E-state index in [1.165, 1.54) is 0 Å². The van der Waals surface area contributed by atoms with Gasteiger partial charge in [0.25, 0.3) is 0 Å². The van der Waals surface area contributed by atoms with E-state index in [1.807, 2.05) is 30.3 Å². The molecule has 1 amide bonds. The minimum absolute atomic E-state index is 0.0437. The molecule has 0 unspecified atom stereocenters. The van der Waals surface area contributed by atoms with E-state index in [4.69, 9.17) is 0 Å². The van der Waals surface area contributed by atoms with Crippen LogP contribution in [0.3, 0.4) is 0 Å². The molecule has 1 aliphatic heterocycles. The van der Waals surface area contributed by atoms with Crippen molar-refractivity contribution >= 4 is 15.9 Å². The average molecular weight is 408 g/mol. The van der Waals surface area contributed by atoms with Gasteiger partial charge in [-0.25, -0.2) is 17.2 Å². The highest BCUT2D eigenvalue weighted by molar-refractivity contribution is 7.89. The quantitative estimate of drug-likeness (QED) is 0.764. The summed E-state index contributed by atoms with van der Waals surface area (Å²) in [5.41, 5.74) is 1.01. The Morgan fingerprint density at radius 1 is 1.11 bits per heavy atom. The van der Waals surface area contributed by atoms with Gasteiger partial charge in [0.15, 0.2) is 0 Å². The van der Waals surface area contributed by atoms with Gasteiger partial charge in [0.2, 0.25) is 15.9 Å². The van der Waals surface area contributed by atoms with Gasteiger partial charge in [0.05, 0.1) is 0 Å². The molecule has 0 spiro atoms. The summed E-state index contributed by atoms with van der Waals surface area (Å²) >= 11 is 0. The maximum Gasteiger partial charge on any atom is 0.246 e. The zero-order valence-electron chi connectivity index (χ0n) is 15.5. The summed E-state index contributed by atoms with van der Waals surface area (Å²) in [5.74, 6) is -2.13. The molecule has 0 atom stereocenters. The fraction of sp³-hybridized carbons (Fsp3) is 0.350. The number of halogens is 2. The van der Waals surface area contributed by atoms with E-state index in [9.17, 15) is 22.0 Å². The van der Waals surface area contributed by atoms with Crippen LogP contribution in [-0.4, -0.2) is 43.7 Å². The molecule has 2 aromatic carbocycles. The zero-order valence-corrected chi connectivity index (χ0v) is 16.3. The number of sulfonamides is 1. The average Bonchev–Trinajstić information content (AvgIpc) is 2.70. The number of rotatable bonds is 5. The van der Waals surface area contributed by atoms with E-state index in [2.05, 4.69) is 0 Å². The highest BCUT2D eigenvalue weighted by Crippen LogP contribution is 2.27. The molecule has 1 heterocycles. The van der Waals surface area contributed by atoms with E-state index in [-0.39, 0.29) is 24.9 Å². The van der Waals surface area contributed by atoms with Crippen molar-refractivity contribution in [2.75, 3.05) is 20.1 Å². The predicted molar refractivity (Wildman–Crippen MR) is 101 cm³/mol. The normalized spacial score (nSPS) is 16.1. The van der Waals surface area contributed by atoms with Gasteiger partial charge < -0.3 is 4.90 Å². The van der Waals surface area contributed by atoms with Gasteiger partial charge in [-0.1, -0.05) is 30.3 Å². The van der Waals surface area contributed by atoms with Crippen LogP contribution in [0.15, 0.2) is 53.4 Å². The molecule has 0 aliphatic carbocycles. The molecular weight excluding hydrogens is 386 g/mol. The molecule has 0 aromatic heterocycles. The van der Waals surface area contributed by atoms with Gasteiger partial charge in [-0.05, 0) is 36.6 Å². The van der Waals surface area contributed by atoms with Gasteiger partial charge in [0.1, 0.15) is 16.5 Å². The monoisotopic (exact) mass is 408 g/mol. The molecule has 1 aliphatic rings. The second-order valence-electron chi connectivity index (χ2n) is 6.93. The lowest BCUT2D eigenvalue weighted by Crippen LogP contribution is -2.43. The lowest BCUT2D eigenvalue weighted by Gasteiger charge is -2.32. The summed E-state index contributed by atoms with van der Waals surface area (Å²) in [6.07, 6.45) is 0.683. The van der Waals surface area contributed by atoms with Crippen LogP contribution in [-0.2, 0) is 21.4 Å². The first-order valence-corrected chi connectivity index (χ1v) is 10.5. The van der Waals surface area contributed by atoms with E-state index < -0.39 is 26.6 Å². The molecule has 5 nitrogen and oxygen atoms in total. The summed E-state index contributed by atoms with van der Waals surface area (Å²) in [7, 11) is -2.42. The number of carbonyl (C=O) groups is 1. The largest absolute Gasteiger partial charge is 0.341 e. The van der Waals surface area contributed by atoms with Gasteiger partial charge in [-0.3, -0.25) is 4.79 Å². The number of hydrogen-bond donors (Lipinski definition) is 0. The minimum Gasteiger partial charge on any atom is -0.341 e. The Hall–Kier alpha value is -2.32. The molecule has 3 rings (SSSR count). The molecular formula is C20H22F2N2O3S. The summed E-state index contributed by atoms with van der Waals surface area (Å²) in [6, 6.07) is 12.0. The summed E-state index contributed by atoms with van der Waals surface area (Å²) in [5, 5.41) is 0. The smallest absolute Gasteiger partial charge is 0.246 e. The van der Waals surface area contributed by atoms with Crippen molar-refractivity contribution in [3.63, 3.8) is 0 Å². The maximum atomic E-state index is 13.9. The summed E-state index contributed by atoms with van der Waals surface area (Å²) in [6.45, 7) is 0.661. The van der Waals surface area contributed by atoms with Crippen molar-refractivity contribution in [1.82, 2.24) is 9.21 Å². The highest BCUT2D eigenvalue weighted by Gasteiger charge is 2.34. The summed E-state index contributed by atoms with van der Waals surface area (Å²) < 4.78 is 53.7. The Bertz CT molecular complexity index is 943. The SMILES string of the molecule is CN(Cc1ccccc1)C(=O)C1CCN(S(=O)(=O)c2cc(F)ccc2F)CC1. The second-order valence-corrected chi connectivity index (χ2v) is 8.84. The highest BCUT2D eigenvalue weighted by atomic mass is 32.2. The molecule has 0 radical (unpaired) electrons. The molecule has 150 valence electrons. The first kappa shape index (κ1) is 20.4. The molecule has 28 heavy (non-hydrogen) atoms. The molecule has 0 saturated carbocycles. The van der Waals surface area contributed by atoms with Crippen molar-refractivity contribution in [3.8, 4) is 0 Å². The van der Waals surface area contributed by atoms with Crippen LogP contribution in [0.1, 0.15) is 18.4 Å². The van der Waals surface area contributed by atoms with Crippen LogP contribution in [0, 0.1) is 17.6 Å². The van der Waals surface area contributed by atoms with E-state index in [1.54, 1.807) is 11.9 Å². The van der Waals surface area contributed by atoms with Crippen LogP contribution < -0.4 is 0 Å². The molecule has 8 heteroatoms. The van der Waals surface area contributed by atoms with Crippen LogP contribution in [0.5, 0.6) is 0 Å². The third-order valence-corrected chi connectivity index (χ3v) is 6.87. The van der Waals surface area contributed by atoms with Gasteiger partial charge in [-0.15, -0.1) is 0 Å². The predicted octanol–water partition coefficient (Wildman–Crippen LogP) is 3.02. The fourth-order valence-electron chi connectivity index (χ4n) is 3.40. The lowest BCUT2D eigenvalue weighted by molar-refractivity contribution is -0.135. The van der Waals surface area contributed by atoms with Gasteiger partial charge in [0, 0.05) is 32.6 Å². The molecule has 1 fully saturated rings. The molecule has 0 bridgehead atoms. The van der Waals surface area contributed by atoms with E-state index >= 15 is 0 Å². The van der Waals surface area contributed by atoms with Crippen LogP contribution >= 0.6 is 0 Å². The Kier molecular flexibility index (Phi) is 6.10. The third-order valence-electron chi connectivity index (χ3n) is 4.95. The van der Waals surface area contributed by atoms with E-state index in [0.29, 0.717) is 25.5 Å². The van der Waals surface area contributed by atoms with Crippen LogP contribution in [0.2, 0.25) is 0 Å². The number of amides is 1. The third kappa shape index (κ3) is 4.39. The van der Waals surface area contributed by atoms with E-state index in [0.717, 1.165) is 22.0 Å². The number of hydrogen-bond acceptors (Lipinski definition) is 3. The number of benzene rings is 2. The topological polar surface area (TPSA) is 57.7 Å². The number of nitrogens with zero attached hydrogens (tertiary/aromatic N) is 2. The summed E-state index contributed by atoms with van der Waals surface area (Å²) in [4.78, 5) is 13.6. The lowest BCUT2D eigenvalue weighted by atomic mass is 9.96. The second kappa shape index (κ2) is 8.36. The fourth-order valence-corrected chi connectivity index (χ4v) is 4.95. The van der Waals surface area contributed by atoms with Crippen molar-refractivity contribution < 1.29 is 22.0 Å². The first-order valence-electron chi connectivity index (χ1n) is 9.03. The van der Waals surface area contributed by atoms with Crippen LogP contribution in [0.4, 0.5) is 8.78 Å². The number of carbonyl (C=O) groups excluding carboxylic acids is 1. The zero-order chi connectivity index (χ0) is 20.3. The van der Waals surface area contributed by atoms with Crippen molar-refractivity contribution in [2.24, 2.45) is 5.92 Å². The van der Waals surface area contributed by atoms with Crippen molar-refractivity contribution in [1.29, 1.82) is 0 Å². The minimum atomic E-state index is -4.14. The van der Waals surface area contributed by atoms with Crippen molar-refractivity contribution in [3.05, 3.63) is 65.7 Å². The van der Waals surface area contributed by atoms with Gasteiger partial charge in [-0.2, -0.15) is 4.31 Å².